The van der Waals surface area contributed by atoms with Crippen molar-refractivity contribution in [2.75, 3.05) is 11.9 Å². The van der Waals surface area contributed by atoms with Crippen molar-refractivity contribution in [2.24, 2.45) is 0 Å². The summed E-state index contributed by atoms with van der Waals surface area (Å²) in [5.41, 5.74) is 1.87. The predicted molar refractivity (Wildman–Crippen MR) is 77.6 cm³/mol. The van der Waals surface area contributed by atoms with Gasteiger partial charge in [-0.3, -0.25) is 4.21 Å². The normalized spacial score (nSPS) is 18.4. The van der Waals surface area contributed by atoms with Gasteiger partial charge in [-0.05, 0) is 17.1 Å². The third kappa shape index (κ3) is 3.37. The molecule has 0 bridgehead atoms. The summed E-state index contributed by atoms with van der Waals surface area (Å²) in [4.78, 5) is 8.08. The molecule has 0 saturated carbocycles. The zero-order valence-corrected chi connectivity index (χ0v) is 12.0. The predicted octanol–water partition coefficient (Wildman–Crippen LogP) is 1.79. The van der Waals surface area contributed by atoms with Gasteiger partial charge >= 0.3 is 0 Å². The first-order chi connectivity index (χ1) is 10.2. The van der Waals surface area contributed by atoms with Gasteiger partial charge in [0.05, 0.1) is 36.5 Å². The fourth-order valence-electron chi connectivity index (χ4n) is 2.30. The number of anilines is 1. The number of ether oxygens (including phenoxy) is 1. The highest BCUT2D eigenvalue weighted by Crippen LogP contribution is 2.33. The van der Waals surface area contributed by atoms with Gasteiger partial charge in [0.25, 0.3) is 0 Å². The summed E-state index contributed by atoms with van der Waals surface area (Å²) < 4.78 is 26.8. The van der Waals surface area contributed by atoms with Crippen LogP contribution in [0.15, 0.2) is 36.7 Å². The van der Waals surface area contributed by atoms with Gasteiger partial charge in [0, 0.05) is 12.0 Å². The molecule has 2 aromatic rings. The number of hydrogen-bond donors (Lipinski definition) is 1. The molecule has 2 heterocycles. The van der Waals surface area contributed by atoms with Crippen LogP contribution < -0.4 is 10.1 Å². The van der Waals surface area contributed by atoms with E-state index in [1.807, 2.05) is 24.3 Å². The molecular weight excluding hydrogens is 290 g/mol. The minimum atomic E-state index is -2.17. The number of fused-ring (bicyclic) bond motifs is 1. The van der Waals surface area contributed by atoms with E-state index < -0.39 is 11.1 Å². The Morgan fingerprint density at radius 2 is 2.10 bits per heavy atom. The summed E-state index contributed by atoms with van der Waals surface area (Å²) in [5.74, 6) is 1.02. The fraction of sp³-hybridized carbons (Fsp3) is 0.286. The molecule has 7 heteroatoms. The Morgan fingerprint density at radius 3 is 2.86 bits per heavy atom. The van der Waals surface area contributed by atoms with Crippen molar-refractivity contribution in [1.82, 2.24) is 9.97 Å². The molecule has 1 N–H and O–H groups in total. The van der Waals surface area contributed by atoms with E-state index in [2.05, 4.69) is 15.3 Å². The minimum absolute atomic E-state index is 0.137. The van der Waals surface area contributed by atoms with Gasteiger partial charge in [0.2, 0.25) is 0 Å². The first-order valence-electron chi connectivity index (χ1n) is 6.57. The summed E-state index contributed by atoms with van der Waals surface area (Å²) in [6.45, 7) is 0.656. The molecule has 0 spiro atoms. The fourth-order valence-corrected chi connectivity index (χ4v) is 2.66. The molecule has 2 atom stereocenters. The highest BCUT2D eigenvalue weighted by molar-refractivity contribution is 7.78. The average Bonchev–Trinajstić information content (AvgIpc) is 2.49. The van der Waals surface area contributed by atoms with Crippen molar-refractivity contribution < 1.29 is 13.5 Å². The van der Waals surface area contributed by atoms with Crippen molar-refractivity contribution in [1.29, 1.82) is 0 Å². The first-order valence-corrected chi connectivity index (χ1v) is 7.82. The summed E-state index contributed by atoms with van der Waals surface area (Å²) in [5, 5.41) is 3.36. The van der Waals surface area contributed by atoms with E-state index in [9.17, 15) is 8.76 Å². The second-order valence-electron chi connectivity index (χ2n) is 4.71. The molecule has 0 amide bonds. The molecule has 0 radical (unpaired) electrons. The van der Waals surface area contributed by atoms with E-state index >= 15 is 0 Å². The van der Waals surface area contributed by atoms with Crippen LogP contribution in [0.25, 0.3) is 0 Å². The monoisotopic (exact) mass is 304 g/mol. The standard InChI is InChI=1S/C14H15N3O3S/c18-21(19)9-14-15-7-10(8-16-14)17-12-5-6-20-13-4-2-1-3-11(12)13/h1-4,7-8,12,17H,5-6,9H2,(H,18,19)/p-1. The molecule has 21 heavy (non-hydrogen) atoms. The zero-order valence-electron chi connectivity index (χ0n) is 11.2. The highest BCUT2D eigenvalue weighted by atomic mass is 32.2. The van der Waals surface area contributed by atoms with Gasteiger partial charge in [0.1, 0.15) is 11.6 Å². The van der Waals surface area contributed by atoms with Gasteiger partial charge in [-0.1, -0.05) is 18.2 Å². The zero-order chi connectivity index (χ0) is 14.7. The molecule has 0 aliphatic carbocycles. The largest absolute Gasteiger partial charge is 0.772 e. The molecule has 1 aromatic heterocycles. The van der Waals surface area contributed by atoms with E-state index in [4.69, 9.17) is 4.74 Å². The van der Waals surface area contributed by atoms with Crippen LogP contribution in [0.5, 0.6) is 5.75 Å². The van der Waals surface area contributed by atoms with Crippen LogP contribution in [0.2, 0.25) is 0 Å². The number of aromatic nitrogens is 2. The van der Waals surface area contributed by atoms with E-state index in [0.29, 0.717) is 12.4 Å². The van der Waals surface area contributed by atoms with Crippen molar-refractivity contribution in [3.63, 3.8) is 0 Å². The van der Waals surface area contributed by atoms with Crippen molar-refractivity contribution >= 4 is 16.8 Å². The number of nitrogens with one attached hydrogen (secondary N) is 1. The smallest absolute Gasteiger partial charge is 0.139 e. The number of nitrogens with zero attached hydrogens (tertiary/aromatic N) is 2. The topological polar surface area (TPSA) is 87.2 Å². The molecule has 1 aliphatic rings. The summed E-state index contributed by atoms with van der Waals surface area (Å²) in [6, 6.07) is 8.04. The lowest BCUT2D eigenvalue weighted by atomic mass is 10.0. The van der Waals surface area contributed by atoms with E-state index in [0.717, 1.165) is 23.4 Å². The molecule has 6 nitrogen and oxygen atoms in total. The van der Waals surface area contributed by atoms with Gasteiger partial charge in [-0.25, -0.2) is 9.97 Å². The Hall–Kier alpha value is -1.99. The molecule has 2 unspecified atom stereocenters. The van der Waals surface area contributed by atoms with Gasteiger partial charge in [-0.15, -0.1) is 0 Å². The van der Waals surface area contributed by atoms with Crippen molar-refractivity contribution in [3.8, 4) is 5.75 Å². The van der Waals surface area contributed by atoms with Crippen LogP contribution >= 0.6 is 0 Å². The second-order valence-corrected chi connectivity index (χ2v) is 5.60. The highest BCUT2D eigenvalue weighted by Gasteiger charge is 2.20. The van der Waals surface area contributed by atoms with Gasteiger partial charge in [0.15, 0.2) is 0 Å². The maximum Gasteiger partial charge on any atom is 0.139 e. The lowest BCUT2D eigenvalue weighted by molar-refractivity contribution is 0.274. The number of rotatable bonds is 4. The SMILES string of the molecule is O=S([O-])Cc1ncc(NC2CCOc3ccccc32)cn1. The van der Waals surface area contributed by atoms with Crippen LogP contribution in [0.3, 0.4) is 0 Å². The summed E-state index contributed by atoms with van der Waals surface area (Å²) >= 11 is -2.17. The lowest BCUT2D eigenvalue weighted by Gasteiger charge is -2.27. The third-order valence-electron chi connectivity index (χ3n) is 3.25. The Morgan fingerprint density at radius 1 is 1.33 bits per heavy atom. The van der Waals surface area contributed by atoms with Crippen LogP contribution in [0, 0.1) is 0 Å². The van der Waals surface area contributed by atoms with Crippen LogP contribution in [-0.2, 0) is 16.8 Å². The van der Waals surface area contributed by atoms with Gasteiger partial charge in [-0.2, -0.15) is 0 Å². The summed E-state index contributed by atoms with van der Waals surface area (Å²) in [7, 11) is 0. The van der Waals surface area contributed by atoms with E-state index in [-0.39, 0.29) is 11.8 Å². The second kappa shape index (κ2) is 6.19. The lowest BCUT2D eigenvalue weighted by Crippen LogP contribution is -2.20. The Bertz CT molecular complexity index is 648. The van der Waals surface area contributed by atoms with E-state index in [1.165, 1.54) is 0 Å². The molecule has 0 fully saturated rings. The summed E-state index contributed by atoms with van der Waals surface area (Å²) in [6.07, 6.45) is 4.06. The van der Waals surface area contributed by atoms with Gasteiger partial charge < -0.3 is 14.6 Å². The van der Waals surface area contributed by atoms with Crippen molar-refractivity contribution in [3.05, 3.63) is 48.0 Å². The molecule has 110 valence electrons. The molecule has 1 aliphatic heterocycles. The molecule has 0 saturated heterocycles. The van der Waals surface area contributed by atoms with E-state index in [1.54, 1.807) is 12.4 Å². The number of benzene rings is 1. The maximum atomic E-state index is 10.6. The Kier molecular flexibility index (Phi) is 4.12. The van der Waals surface area contributed by atoms with Crippen LogP contribution in [-0.4, -0.2) is 25.3 Å². The molecular formula is C14H14N3O3S-. The molecule has 3 rings (SSSR count). The van der Waals surface area contributed by atoms with Crippen molar-refractivity contribution in [2.45, 2.75) is 18.2 Å². The Balaban J connectivity index is 1.74. The number of para-hydroxylation sites is 1. The minimum Gasteiger partial charge on any atom is -0.772 e. The third-order valence-corrected chi connectivity index (χ3v) is 3.75. The van der Waals surface area contributed by atoms with Crippen LogP contribution in [0.1, 0.15) is 23.9 Å². The maximum absolute atomic E-state index is 10.6. The van der Waals surface area contributed by atoms with Crippen LogP contribution in [0.4, 0.5) is 5.69 Å². The average molecular weight is 304 g/mol. The Labute approximate surface area is 124 Å². The molecule has 1 aromatic carbocycles. The quantitative estimate of drug-likeness (QED) is 0.867. The number of hydrogen-bond acceptors (Lipinski definition) is 6. The first kappa shape index (κ1) is 14.0.